The highest BCUT2D eigenvalue weighted by Crippen LogP contribution is 2.44. The van der Waals surface area contributed by atoms with Crippen molar-refractivity contribution in [2.75, 3.05) is 12.4 Å². The standard InChI is InChI=1S/C34H27ClFN3/c1-23-30(36)20-19-28(32(23)35)24-18-21-31-29(22-24)33(37-2)38-39(31)34(25-12-6-3-7-13-25,26-14-8-4-9-15-26)27-16-10-5-11-17-27/h3-22H,1-2H3,(H,37,38). The van der Waals surface area contributed by atoms with Crippen LogP contribution in [-0.4, -0.2) is 16.8 Å². The number of hydrogen-bond acceptors (Lipinski definition) is 2. The largest absolute Gasteiger partial charge is 0.371 e. The number of nitrogens with zero attached hydrogens (tertiary/aromatic N) is 2. The second kappa shape index (κ2) is 10.0. The lowest BCUT2D eigenvalue weighted by molar-refractivity contribution is 0.477. The molecule has 1 aromatic heterocycles. The Morgan fingerprint density at radius 3 is 1.79 bits per heavy atom. The van der Waals surface area contributed by atoms with Crippen LogP contribution in [0.25, 0.3) is 22.0 Å². The van der Waals surface area contributed by atoms with Crippen molar-refractivity contribution in [2.24, 2.45) is 0 Å². The molecule has 0 aliphatic heterocycles. The third-order valence-corrected chi connectivity index (χ3v) is 7.93. The SMILES string of the molecule is CNc1nn(C(c2ccccc2)(c2ccccc2)c2ccccc2)c2ccc(-c3ccc(F)c(C)c3Cl)cc12. The van der Waals surface area contributed by atoms with Crippen molar-refractivity contribution in [1.29, 1.82) is 0 Å². The number of halogens is 2. The minimum Gasteiger partial charge on any atom is -0.371 e. The molecule has 0 saturated carbocycles. The predicted molar refractivity (Wildman–Crippen MR) is 159 cm³/mol. The summed E-state index contributed by atoms with van der Waals surface area (Å²) in [5, 5.41) is 9.88. The van der Waals surface area contributed by atoms with E-state index in [0.29, 0.717) is 10.6 Å². The van der Waals surface area contributed by atoms with E-state index in [9.17, 15) is 4.39 Å². The van der Waals surface area contributed by atoms with Crippen molar-refractivity contribution < 1.29 is 4.39 Å². The molecule has 0 saturated heterocycles. The van der Waals surface area contributed by atoms with E-state index >= 15 is 0 Å². The molecule has 39 heavy (non-hydrogen) atoms. The molecule has 6 rings (SSSR count). The van der Waals surface area contributed by atoms with Crippen LogP contribution in [0.15, 0.2) is 121 Å². The minimum absolute atomic E-state index is 0.313. The van der Waals surface area contributed by atoms with Gasteiger partial charge in [0.1, 0.15) is 11.4 Å². The van der Waals surface area contributed by atoms with Crippen LogP contribution in [0.5, 0.6) is 0 Å². The second-order valence-corrected chi connectivity index (χ2v) is 9.96. The van der Waals surface area contributed by atoms with Crippen molar-refractivity contribution in [1.82, 2.24) is 9.78 Å². The molecular formula is C34H27ClFN3. The Morgan fingerprint density at radius 1 is 0.744 bits per heavy atom. The summed E-state index contributed by atoms with van der Waals surface area (Å²) >= 11 is 6.60. The Balaban J connectivity index is 1.70. The van der Waals surface area contributed by atoms with E-state index in [2.05, 4.69) is 94.9 Å². The third-order valence-electron chi connectivity index (χ3n) is 7.44. The van der Waals surface area contributed by atoms with Gasteiger partial charge in [-0.1, -0.05) is 109 Å². The fraction of sp³-hybridized carbons (Fsp3) is 0.0882. The van der Waals surface area contributed by atoms with Crippen molar-refractivity contribution in [3.05, 3.63) is 154 Å². The van der Waals surface area contributed by atoms with Gasteiger partial charge in [-0.3, -0.25) is 0 Å². The molecule has 0 aliphatic rings. The Morgan fingerprint density at radius 2 is 1.28 bits per heavy atom. The summed E-state index contributed by atoms with van der Waals surface area (Å²) < 4.78 is 16.3. The summed E-state index contributed by atoms with van der Waals surface area (Å²) in [5.74, 6) is 0.431. The molecule has 1 heterocycles. The molecule has 5 heteroatoms. The van der Waals surface area contributed by atoms with E-state index in [4.69, 9.17) is 16.7 Å². The van der Waals surface area contributed by atoms with Gasteiger partial charge in [0.2, 0.25) is 0 Å². The van der Waals surface area contributed by atoms with Gasteiger partial charge in [-0.15, -0.1) is 0 Å². The first kappa shape index (κ1) is 24.9. The summed E-state index contributed by atoms with van der Waals surface area (Å²) in [6.07, 6.45) is 0. The van der Waals surface area contributed by atoms with Crippen molar-refractivity contribution in [3.8, 4) is 11.1 Å². The fourth-order valence-electron chi connectivity index (χ4n) is 5.52. The molecule has 0 atom stereocenters. The molecule has 0 amide bonds. The van der Waals surface area contributed by atoms with Gasteiger partial charge in [-0.25, -0.2) is 9.07 Å². The van der Waals surface area contributed by atoms with E-state index in [1.807, 2.05) is 31.3 Å². The molecule has 0 fully saturated rings. The first-order valence-electron chi connectivity index (χ1n) is 12.9. The van der Waals surface area contributed by atoms with Gasteiger partial charge in [-0.2, -0.15) is 5.10 Å². The van der Waals surface area contributed by atoms with E-state index in [1.54, 1.807) is 13.0 Å². The van der Waals surface area contributed by atoms with Crippen LogP contribution in [0.1, 0.15) is 22.3 Å². The summed E-state index contributed by atoms with van der Waals surface area (Å²) in [7, 11) is 1.88. The van der Waals surface area contributed by atoms with E-state index in [1.165, 1.54) is 6.07 Å². The highest BCUT2D eigenvalue weighted by atomic mass is 35.5. The lowest BCUT2D eigenvalue weighted by Gasteiger charge is -2.37. The Labute approximate surface area is 232 Å². The van der Waals surface area contributed by atoms with Gasteiger partial charge in [0.05, 0.1) is 10.5 Å². The van der Waals surface area contributed by atoms with Crippen LogP contribution in [0.4, 0.5) is 10.2 Å². The Kier molecular flexibility index (Phi) is 6.41. The van der Waals surface area contributed by atoms with E-state index in [0.717, 1.165) is 44.5 Å². The summed E-state index contributed by atoms with van der Waals surface area (Å²) in [6, 6.07) is 40.8. The molecule has 0 spiro atoms. The molecule has 0 radical (unpaired) electrons. The lowest BCUT2D eigenvalue weighted by atomic mass is 9.77. The Bertz CT molecular complexity index is 1670. The van der Waals surface area contributed by atoms with Crippen LogP contribution in [-0.2, 0) is 5.54 Å². The van der Waals surface area contributed by atoms with E-state index in [-0.39, 0.29) is 5.82 Å². The first-order valence-corrected chi connectivity index (χ1v) is 13.3. The van der Waals surface area contributed by atoms with Crippen LogP contribution >= 0.6 is 11.6 Å². The fourth-order valence-corrected chi connectivity index (χ4v) is 5.78. The van der Waals surface area contributed by atoms with Gasteiger partial charge in [-0.05, 0) is 53.4 Å². The molecule has 5 aromatic carbocycles. The van der Waals surface area contributed by atoms with Crippen LogP contribution in [0.3, 0.4) is 0 Å². The number of nitrogens with one attached hydrogen (secondary N) is 1. The maximum atomic E-state index is 14.2. The number of rotatable bonds is 6. The molecule has 192 valence electrons. The molecule has 0 aliphatic carbocycles. The maximum Gasteiger partial charge on any atom is 0.155 e. The highest BCUT2D eigenvalue weighted by molar-refractivity contribution is 6.34. The molecule has 0 unspecified atom stereocenters. The minimum atomic E-state index is -0.747. The summed E-state index contributed by atoms with van der Waals surface area (Å²) in [6.45, 7) is 1.70. The third kappa shape index (κ3) is 4.00. The second-order valence-electron chi connectivity index (χ2n) is 9.58. The summed E-state index contributed by atoms with van der Waals surface area (Å²) in [4.78, 5) is 0. The Hall–Kier alpha value is -4.41. The monoisotopic (exact) mass is 531 g/mol. The van der Waals surface area contributed by atoms with Gasteiger partial charge in [0.15, 0.2) is 5.82 Å². The van der Waals surface area contributed by atoms with Gasteiger partial charge in [0.25, 0.3) is 0 Å². The zero-order valence-electron chi connectivity index (χ0n) is 21.7. The maximum absolute atomic E-state index is 14.2. The molecule has 0 bridgehead atoms. The average molecular weight is 532 g/mol. The van der Waals surface area contributed by atoms with Crippen molar-refractivity contribution in [3.63, 3.8) is 0 Å². The number of benzene rings is 5. The number of anilines is 1. The van der Waals surface area contributed by atoms with Crippen LogP contribution in [0, 0.1) is 12.7 Å². The smallest absolute Gasteiger partial charge is 0.155 e. The van der Waals surface area contributed by atoms with Crippen molar-refractivity contribution in [2.45, 2.75) is 12.5 Å². The average Bonchev–Trinajstić information content (AvgIpc) is 3.36. The van der Waals surface area contributed by atoms with Gasteiger partial charge in [0, 0.05) is 23.6 Å². The topological polar surface area (TPSA) is 29.9 Å². The first-order chi connectivity index (χ1) is 19.1. The van der Waals surface area contributed by atoms with E-state index < -0.39 is 5.54 Å². The molecule has 6 aromatic rings. The van der Waals surface area contributed by atoms with Crippen molar-refractivity contribution >= 4 is 28.3 Å². The zero-order valence-corrected chi connectivity index (χ0v) is 22.5. The summed E-state index contributed by atoms with van der Waals surface area (Å²) in [5.41, 5.74) is 5.61. The molecule has 1 N–H and O–H groups in total. The lowest BCUT2D eigenvalue weighted by Crippen LogP contribution is -2.38. The predicted octanol–water partition coefficient (Wildman–Crippen LogP) is 8.69. The molecular weight excluding hydrogens is 505 g/mol. The van der Waals surface area contributed by atoms with Crippen LogP contribution < -0.4 is 5.32 Å². The number of fused-ring (bicyclic) bond motifs is 1. The molecule has 3 nitrogen and oxygen atoms in total. The highest BCUT2D eigenvalue weighted by Gasteiger charge is 2.40. The number of aromatic nitrogens is 2. The quantitative estimate of drug-likeness (QED) is 0.218. The zero-order chi connectivity index (χ0) is 27.0. The van der Waals surface area contributed by atoms with Crippen LogP contribution in [0.2, 0.25) is 5.02 Å². The number of hydrogen-bond donors (Lipinski definition) is 1. The normalized spacial score (nSPS) is 11.6. The van der Waals surface area contributed by atoms with Gasteiger partial charge < -0.3 is 5.32 Å². The van der Waals surface area contributed by atoms with Gasteiger partial charge >= 0.3 is 0 Å².